The lowest BCUT2D eigenvalue weighted by atomic mass is 10.1. The van der Waals surface area contributed by atoms with Gasteiger partial charge in [0.1, 0.15) is 17.0 Å². The molecule has 0 atom stereocenters. The third-order valence-corrected chi connectivity index (χ3v) is 8.13. The van der Waals surface area contributed by atoms with Gasteiger partial charge in [0.05, 0.1) is 12.9 Å². The Kier molecular flexibility index (Phi) is 9.93. The number of hydrogen-bond acceptors (Lipinski definition) is 7. The van der Waals surface area contributed by atoms with Crippen molar-refractivity contribution in [2.45, 2.75) is 4.90 Å². The summed E-state index contributed by atoms with van der Waals surface area (Å²) in [6.07, 6.45) is 1.57. The summed E-state index contributed by atoms with van der Waals surface area (Å²) in [6, 6.07) is 37.8. The summed E-state index contributed by atoms with van der Waals surface area (Å²) in [6.45, 7) is 0. The van der Waals surface area contributed by atoms with Crippen molar-refractivity contribution in [3.63, 3.8) is 0 Å². The number of thioether (sulfide) groups is 1. The Hall–Kier alpha value is -6.13. The maximum Gasteiger partial charge on any atom is 0.272 e. The second-order valence-corrected chi connectivity index (χ2v) is 11.6. The van der Waals surface area contributed by atoms with E-state index in [0.717, 1.165) is 16.0 Å². The number of benzene rings is 5. The molecule has 0 aliphatic rings. The molecule has 1 heterocycles. The van der Waals surface area contributed by atoms with Crippen molar-refractivity contribution in [3.05, 3.63) is 144 Å². The maximum absolute atomic E-state index is 13.5. The SMILES string of the molecule is COc1ccccc1/C=C(/NC(=O)c1ccccc1)C(=O)Nc1cccc(SCC(=O)Nc2ccc(-c3nc4ccccc4o3)cc2)c1. The molecule has 3 N–H and O–H groups in total. The second kappa shape index (κ2) is 15.0. The molecule has 0 aliphatic heterocycles. The highest BCUT2D eigenvalue weighted by molar-refractivity contribution is 8.00. The van der Waals surface area contributed by atoms with Crippen LogP contribution in [0.1, 0.15) is 15.9 Å². The molecule has 0 spiro atoms. The van der Waals surface area contributed by atoms with Crippen LogP contribution in [0.2, 0.25) is 0 Å². The molecule has 48 heavy (non-hydrogen) atoms. The minimum Gasteiger partial charge on any atom is -0.496 e. The van der Waals surface area contributed by atoms with Gasteiger partial charge in [0.2, 0.25) is 11.8 Å². The number of nitrogens with one attached hydrogen (secondary N) is 3. The summed E-state index contributed by atoms with van der Waals surface area (Å²) in [7, 11) is 1.54. The second-order valence-electron chi connectivity index (χ2n) is 10.5. The molecule has 0 saturated heterocycles. The van der Waals surface area contributed by atoms with Crippen molar-refractivity contribution in [2.24, 2.45) is 0 Å². The number of amides is 3. The van der Waals surface area contributed by atoms with Crippen LogP contribution in [0.4, 0.5) is 11.4 Å². The van der Waals surface area contributed by atoms with Crippen molar-refractivity contribution in [1.82, 2.24) is 10.3 Å². The van der Waals surface area contributed by atoms with Gasteiger partial charge in [-0.1, -0.05) is 54.6 Å². The van der Waals surface area contributed by atoms with Gasteiger partial charge >= 0.3 is 0 Å². The zero-order valence-corrected chi connectivity index (χ0v) is 26.6. The van der Waals surface area contributed by atoms with E-state index in [2.05, 4.69) is 20.9 Å². The summed E-state index contributed by atoms with van der Waals surface area (Å²) in [5.41, 5.74) is 4.51. The fourth-order valence-electron chi connectivity index (χ4n) is 4.78. The Morgan fingerprint density at radius 1 is 0.792 bits per heavy atom. The molecule has 0 unspecified atom stereocenters. The molecule has 0 aliphatic carbocycles. The van der Waals surface area contributed by atoms with Crippen LogP contribution in [0.5, 0.6) is 5.75 Å². The number of oxazole rings is 1. The van der Waals surface area contributed by atoms with E-state index < -0.39 is 11.8 Å². The van der Waals surface area contributed by atoms with Crippen LogP contribution < -0.4 is 20.7 Å². The van der Waals surface area contributed by atoms with E-state index in [-0.39, 0.29) is 17.4 Å². The van der Waals surface area contributed by atoms with E-state index in [9.17, 15) is 14.4 Å². The van der Waals surface area contributed by atoms with Gasteiger partial charge in [-0.15, -0.1) is 11.8 Å². The summed E-state index contributed by atoms with van der Waals surface area (Å²) in [5, 5.41) is 8.50. The molecule has 3 amide bonds. The largest absolute Gasteiger partial charge is 0.496 e. The van der Waals surface area contributed by atoms with Crippen LogP contribution in [0.25, 0.3) is 28.6 Å². The molecule has 1 aromatic heterocycles. The molecule has 0 bridgehead atoms. The molecule has 0 saturated carbocycles. The summed E-state index contributed by atoms with van der Waals surface area (Å²) in [4.78, 5) is 44.6. The van der Waals surface area contributed by atoms with Crippen molar-refractivity contribution < 1.29 is 23.5 Å². The van der Waals surface area contributed by atoms with Crippen LogP contribution in [-0.4, -0.2) is 35.6 Å². The van der Waals surface area contributed by atoms with Gasteiger partial charge in [-0.05, 0) is 78.9 Å². The topological polar surface area (TPSA) is 123 Å². The monoisotopic (exact) mass is 654 g/mol. The number of rotatable bonds is 11. The third kappa shape index (κ3) is 7.98. The van der Waals surface area contributed by atoms with Gasteiger partial charge in [-0.3, -0.25) is 14.4 Å². The van der Waals surface area contributed by atoms with Gasteiger partial charge in [0.25, 0.3) is 11.8 Å². The highest BCUT2D eigenvalue weighted by Gasteiger charge is 2.17. The molecular formula is C38H30N4O5S. The highest BCUT2D eigenvalue weighted by Crippen LogP contribution is 2.26. The fourth-order valence-corrected chi connectivity index (χ4v) is 5.54. The summed E-state index contributed by atoms with van der Waals surface area (Å²) < 4.78 is 11.3. The van der Waals surface area contributed by atoms with Gasteiger partial charge < -0.3 is 25.1 Å². The van der Waals surface area contributed by atoms with Crippen molar-refractivity contribution >= 4 is 58.0 Å². The summed E-state index contributed by atoms with van der Waals surface area (Å²) in [5.74, 6) is 0.0745. The quantitative estimate of drug-likeness (QED) is 0.0969. The van der Waals surface area contributed by atoms with Crippen LogP contribution in [0, 0.1) is 0 Å². The van der Waals surface area contributed by atoms with E-state index in [1.807, 2.05) is 60.7 Å². The van der Waals surface area contributed by atoms with Crippen LogP contribution in [0.15, 0.2) is 142 Å². The molecule has 238 valence electrons. The number of nitrogens with zero attached hydrogens (tertiary/aromatic N) is 1. The Balaban J connectivity index is 1.09. The number of para-hydroxylation sites is 3. The Bertz CT molecular complexity index is 2080. The first-order valence-electron chi connectivity index (χ1n) is 15.0. The number of fused-ring (bicyclic) bond motifs is 1. The lowest BCUT2D eigenvalue weighted by Gasteiger charge is -2.13. The first kappa shape index (κ1) is 31.8. The number of carbonyl (C=O) groups excluding carboxylic acids is 3. The Morgan fingerprint density at radius 3 is 2.33 bits per heavy atom. The van der Waals surface area contributed by atoms with Crippen molar-refractivity contribution in [1.29, 1.82) is 0 Å². The van der Waals surface area contributed by atoms with Gasteiger partial charge in [-0.2, -0.15) is 0 Å². The van der Waals surface area contributed by atoms with Crippen LogP contribution in [-0.2, 0) is 9.59 Å². The average Bonchev–Trinajstić information content (AvgIpc) is 3.56. The fraction of sp³-hybridized carbons (Fsp3) is 0.0526. The molecule has 10 heteroatoms. The number of aromatic nitrogens is 1. The Morgan fingerprint density at radius 2 is 1.54 bits per heavy atom. The predicted octanol–water partition coefficient (Wildman–Crippen LogP) is 7.64. The van der Waals surface area contributed by atoms with Crippen LogP contribution in [0.3, 0.4) is 0 Å². The standard InChI is InChI=1S/C38H30N4O5S/c1-46-33-16-7-5-12-27(33)22-32(41-36(44)25-10-3-2-4-11-25)37(45)40-29-13-9-14-30(23-29)48-24-35(43)39-28-20-18-26(19-21-28)38-42-31-15-6-8-17-34(31)47-38/h2-23H,24H2,1H3,(H,39,43)(H,40,45)(H,41,44)/b32-22+. The number of hydrogen-bond donors (Lipinski definition) is 3. The molecule has 6 rings (SSSR count). The van der Waals surface area contributed by atoms with Crippen LogP contribution >= 0.6 is 11.8 Å². The van der Waals surface area contributed by atoms with E-state index in [0.29, 0.717) is 39.7 Å². The molecule has 6 aromatic rings. The minimum atomic E-state index is -0.522. The van der Waals surface area contributed by atoms with Gasteiger partial charge in [0.15, 0.2) is 5.58 Å². The lowest BCUT2D eigenvalue weighted by molar-refractivity contribution is -0.114. The van der Waals surface area contributed by atoms with Crippen molar-refractivity contribution in [3.8, 4) is 17.2 Å². The van der Waals surface area contributed by atoms with E-state index in [1.54, 1.807) is 72.8 Å². The average molecular weight is 655 g/mol. The number of carbonyl (C=O) groups is 3. The van der Waals surface area contributed by atoms with Crippen molar-refractivity contribution in [2.75, 3.05) is 23.5 Å². The van der Waals surface area contributed by atoms with E-state index >= 15 is 0 Å². The third-order valence-electron chi connectivity index (χ3n) is 7.14. The highest BCUT2D eigenvalue weighted by atomic mass is 32.2. The number of anilines is 2. The van der Waals surface area contributed by atoms with E-state index in [4.69, 9.17) is 9.15 Å². The summed E-state index contributed by atoms with van der Waals surface area (Å²) >= 11 is 1.33. The molecule has 5 aromatic carbocycles. The van der Waals surface area contributed by atoms with Gasteiger partial charge in [0, 0.05) is 33.0 Å². The first-order chi connectivity index (χ1) is 23.4. The smallest absolute Gasteiger partial charge is 0.272 e. The van der Waals surface area contributed by atoms with Gasteiger partial charge in [-0.25, -0.2) is 4.98 Å². The van der Waals surface area contributed by atoms with E-state index in [1.165, 1.54) is 18.9 Å². The Labute approximate surface area is 281 Å². The maximum atomic E-state index is 13.5. The minimum absolute atomic E-state index is 0.0351. The zero-order valence-electron chi connectivity index (χ0n) is 25.8. The number of ether oxygens (including phenoxy) is 1. The molecule has 9 nitrogen and oxygen atoms in total. The molecular weight excluding hydrogens is 625 g/mol. The first-order valence-corrected chi connectivity index (χ1v) is 15.9. The normalized spacial score (nSPS) is 11.1. The molecule has 0 fully saturated rings. The molecule has 0 radical (unpaired) electrons. The zero-order chi connectivity index (χ0) is 33.3. The number of methoxy groups -OCH3 is 1. The predicted molar refractivity (Wildman–Crippen MR) is 189 cm³/mol. The lowest BCUT2D eigenvalue weighted by Crippen LogP contribution is -2.30.